The number of amides is 2. The van der Waals surface area contributed by atoms with E-state index in [1.54, 1.807) is 24.3 Å². The molecule has 2 rings (SSSR count). The van der Waals surface area contributed by atoms with Crippen LogP contribution >= 0.6 is 0 Å². The van der Waals surface area contributed by atoms with Crippen LogP contribution in [0.15, 0.2) is 24.3 Å². The maximum Gasteiger partial charge on any atom is 0.260 e. The highest BCUT2D eigenvalue weighted by atomic mass is 16.5. The second-order valence-corrected chi connectivity index (χ2v) is 6.24. The highest BCUT2D eigenvalue weighted by Crippen LogP contribution is 2.21. The summed E-state index contributed by atoms with van der Waals surface area (Å²) in [7, 11) is 0. The van der Waals surface area contributed by atoms with Gasteiger partial charge in [0, 0.05) is 31.8 Å². The fourth-order valence-corrected chi connectivity index (χ4v) is 2.97. The number of nitrogens with zero attached hydrogens (tertiary/aromatic N) is 1. The first-order valence-electron chi connectivity index (χ1n) is 7.72. The molecule has 1 aromatic carbocycles. The average Bonchev–Trinajstić information content (AvgIpc) is 2.43. The number of anilines is 1. The van der Waals surface area contributed by atoms with E-state index >= 15 is 0 Å². The predicted molar refractivity (Wildman–Crippen MR) is 85.8 cm³/mol. The van der Waals surface area contributed by atoms with Crippen molar-refractivity contribution >= 4 is 17.5 Å². The minimum absolute atomic E-state index is 0.0170. The maximum atomic E-state index is 12.3. The van der Waals surface area contributed by atoms with E-state index in [-0.39, 0.29) is 18.4 Å². The molecule has 1 aromatic rings. The van der Waals surface area contributed by atoms with Crippen molar-refractivity contribution < 1.29 is 14.3 Å². The largest absolute Gasteiger partial charge is 0.484 e. The third kappa shape index (κ3) is 4.76. The second kappa shape index (κ2) is 7.29. The molecule has 1 N–H and O–H groups in total. The molecule has 0 bridgehead atoms. The third-order valence-corrected chi connectivity index (χ3v) is 3.74. The van der Waals surface area contributed by atoms with Gasteiger partial charge in [0.25, 0.3) is 5.91 Å². The Balaban J connectivity index is 1.89. The average molecular weight is 304 g/mol. The first-order valence-corrected chi connectivity index (χ1v) is 7.72. The summed E-state index contributed by atoms with van der Waals surface area (Å²) < 4.78 is 5.57. The zero-order valence-corrected chi connectivity index (χ0v) is 13.5. The normalized spacial score (nSPS) is 21.3. The molecule has 2 atom stereocenters. The Kier molecular flexibility index (Phi) is 5.41. The Morgan fingerprint density at radius 1 is 1.27 bits per heavy atom. The van der Waals surface area contributed by atoms with Crippen LogP contribution < -0.4 is 10.1 Å². The molecule has 5 heteroatoms. The standard InChI is InChI=1S/C17H24N2O3/c1-12-7-13(2)10-19(9-12)17(21)11-22-16-6-4-5-15(8-16)18-14(3)20/h4-6,8,12-13H,7,9-11H2,1-3H3,(H,18,20). The molecule has 2 amide bonds. The molecule has 0 spiro atoms. The summed E-state index contributed by atoms with van der Waals surface area (Å²) >= 11 is 0. The molecule has 1 aliphatic rings. The van der Waals surface area contributed by atoms with Gasteiger partial charge in [-0.15, -0.1) is 0 Å². The van der Waals surface area contributed by atoms with Crippen LogP contribution in [0.1, 0.15) is 27.2 Å². The van der Waals surface area contributed by atoms with Crippen molar-refractivity contribution in [3.8, 4) is 5.75 Å². The summed E-state index contributed by atoms with van der Waals surface area (Å²) in [5.41, 5.74) is 0.665. The summed E-state index contributed by atoms with van der Waals surface area (Å²) in [6.45, 7) is 7.44. The minimum Gasteiger partial charge on any atom is -0.484 e. The smallest absolute Gasteiger partial charge is 0.260 e. The van der Waals surface area contributed by atoms with Gasteiger partial charge in [0.05, 0.1) is 0 Å². The van der Waals surface area contributed by atoms with Crippen LogP contribution in [0.25, 0.3) is 0 Å². The van der Waals surface area contributed by atoms with E-state index < -0.39 is 0 Å². The summed E-state index contributed by atoms with van der Waals surface area (Å²) in [6.07, 6.45) is 1.17. The fourth-order valence-electron chi connectivity index (χ4n) is 2.97. The Bertz CT molecular complexity index is 534. The zero-order chi connectivity index (χ0) is 16.1. The van der Waals surface area contributed by atoms with Crippen molar-refractivity contribution in [3.63, 3.8) is 0 Å². The van der Waals surface area contributed by atoms with Crippen molar-refractivity contribution in [2.24, 2.45) is 11.8 Å². The van der Waals surface area contributed by atoms with Crippen molar-refractivity contribution in [2.45, 2.75) is 27.2 Å². The van der Waals surface area contributed by atoms with Gasteiger partial charge < -0.3 is 15.0 Å². The van der Waals surface area contributed by atoms with Crippen LogP contribution in [-0.4, -0.2) is 36.4 Å². The highest BCUT2D eigenvalue weighted by Gasteiger charge is 2.25. The molecule has 0 aliphatic carbocycles. The van der Waals surface area contributed by atoms with Crippen molar-refractivity contribution in [1.29, 1.82) is 0 Å². The number of benzene rings is 1. The number of rotatable bonds is 4. The Morgan fingerprint density at radius 3 is 2.59 bits per heavy atom. The molecular formula is C17H24N2O3. The number of carbonyl (C=O) groups is 2. The van der Waals surface area contributed by atoms with Gasteiger partial charge in [-0.2, -0.15) is 0 Å². The molecule has 1 saturated heterocycles. The molecule has 22 heavy (non-hydrogen) atoms. The van der Waals surface area contributed by atoms with Gasteiger partial charge in [-0.05, 0) is 30.4 Å². The second-order valence-electron chi connectivity index (χ2n) is 6.24. The molecule has 1 fully saturated rings. The van der Waals surface area contributed by atoms with Gasteiger partial charge >= 0.3 is 0 Å². The number of nitrogens with one attached hydrogen (secondary N) is 1. The van der Waals surface area contributed by atoms with Crippen LogP contribution in [0.3, 0.4) is 0 Å². The lowest BCUT2D eigenvalue weighted by molar-refractivity contribution is -0.136. The number of hydrogen-bond donors (Lipinski definition) is 1. The summed E-state index contributed by atoms with van der Waals surface area (Å²) in [4.78, 5) is 25.2. The molecule has 0 radical (unpaired) electrons. The van der Waals surface area contributed by atoms with E-state index in [0.717, 1.165) is 13.1 Å². The fraction of sp³-hybridized carbons (Fsp3) is 0.529. The van der Waals surface area contributed by atoms with Gasteiger partial charge in [-0.25, -0.2) is 0 Å². The van der Waals surface area contributed by atoms with Crippen molar-refractivity contribution in [1.82, 2.24) is 4.90 Å². The SMILES string of the molecule is CC(=O)Nc1cccc(OCC(=O)N2CC(C)CC(C)C2)c1. The number of piperidine rings is 1. The third-order valence-electron chi connectivity index (χ3n) is 3.74. The number of hydrogen-bond acceptors (Lipinski definition) is 3. The van der Waals surface area contributed by atoms with E-state index in [4.69, 9.17) is 4.74 Å². The minimum atomic E-state index is -0.135. The van der Waals surface area contributed by atoms with E-state index in [2.05, 4.69) is 19.2 Å². The van der Waals surface area contributed by atoms with Crippen molar-refractivity contribution in [2.75, 3.05) is 25.0 Å². The number of likely N-dealkylation sites (tertiary alicyclic amines) is 1. The highest BCUT2D eigenvalue weighted by molar-refractivity contribution is 5.88. The molecule has 2 unspecified atom stereocenters. The molecular weight excluding hydrogens is 280 g/mol. The van der Waals surface area contributed by atoms with Crippen LogP contribution in [0.5, 0.6) is 5.75 Å². The molecule has 5 nitrogen and oxygen atoms in total. The molecule has 0 saturated carbocycles. The molecule has 0 aromatic heterocycles. The van der Waals surface area contributed by atoms with E-state index in [0.29, 0.717) is 23.3 Å². The molecule has 1 heterocycles. The quantitative estimate of drug-likeness (QED) is 0.930. The lowest BCUT2D eigenvalue weighted by Gasteiger charge is -2.34. The van der Waals surface area contributed by atoms with Crippen LogP contribution in [0.2, 0.25) is 0 Å². The van der Waals surface area contributed by atoms with Gasteiger partial charge in [0.1, 0.15) is 5.75 Å². The molecule has 120 valence electrons. The van der Waals surface area contributed by atoms with E-state index in [1.807, 2.05) is 4.90 Å². The summed E-state index contributed by atoms with van der Waals surface area (Å²) in [5.74, 6) is 1.54. The monoisotopic (exact) mass is 304 g/mol. The lowest BCUT2D eigenvalue weighted by Crippen LogP contribution is -2.44. The van der Waals surface area contributed by atoms with Gasteiger partial charge in [-0.1, -0.05) is 19.9 Å². The van der Waals surface area contributed by atoms with Crippen molar-refractivity contribution in [3.05, 3.63) is 24.3 Å². The maximum absolute atomic E-state index is 12.3. The van der Waals surface area contributed by atoms with Gasteiger partial charge in [0.15, 0.2) is 6.61 Å². The summed E-state index contributed by atoms with van der Waals surface area (Å²) in [6, 6.07) is 7.07. The Labute approximate surface area is 131 Å². The van der Waals surface area contributed by atoms with Crippen LogP contribution in [0.4, 0.5) is 5.69 Å². The number of carbonyl (C=O) groups excluding carboxylic acids is 2. The topological polar surface area (TPSA) is 58.6 Å². The molecule has 1 aliphatic heterocycles. The van der Waals surface area contributed by atoms with E-state index in [1.165, 1.54) is 13.3 Å². The lowest BCUT2D eigenvalue weighted by atomic mass is 9.92. The van der Waals surface area contributed by atoms with Gasteiger partial charge in [0.2, 0.25) is 5.91 Å². The zero-order valence-electron chi connectivity index (χ0n) is 13.5. The van der Waals surface area contributed by atoms with Crippen LogP contribution in [-0.2, 0) is 9.59 Å². The predicted octanol–water partition coefficient (Wildman–Crippen LogP) is 2.53. The van der Waals surface area contributed by atoms with E-state index in [9.17, 15) is 9.59 Å². The first kappa shape index (κ1) is 16.3. The van der Waals surface area contributed by atoms with Gasteiger partial charge in [-0.3, -0.25) is 9.59 Å². The summed E-state index contributed by atoms with van der Waals surface area (Å²) in [5, 5.41) is 2.69. The Morgan fingerprint density at radius 2 is 1.95 bits per heavy atom. The van der Waals surface area contributed by atoms with Crippen LogP contribution in [0, 0.1) is 11.8 Å². The Hall–Kier alpha value is -2.04. The number of ether oxygens (including phenoxy) is 1. The first-order chi connectivity index (χ1) is 10.4.